The van der Waals surface area contributed by atoms with Gasteiger partial charge in [0.05, 0.1) is 22.2 Å². The Labute approximate surface area is 275 Å². The second-order valence-electron chi connectivity index (χ2n) is 12.9. The van der Waals surface area contributed by atoms with Gasteiger partial charge in [-0.2, -0.15) is 0 Å². The molecule has 3 nitrogen and oxygen atoms in total. The number of pyridine rings is 1. The average molecular weight is 604 g/mol. The van der Waals surface area contributed by atoms with Crippen molar-refractivity contribution >= 4 is 39.0 Å². The maximum Gasteiger partial charge on any atom is 0.0963 e. The van der Waals surface area contributed by atoms with Gasteiger partial charge in [0.15, 0.2) is 0 Å². The molecule has 6 aromatic carbocycles. The second kappa shape index (κ2) is 10.6. The lowest BCUT2D eigenvalue weighted by molar-refractivity contribution is 0.660. The number of rotatable bonds is 5. The van der Waals surface area contributed by atoms with E-state index >= 15 is 0 Å². The minimum Gasteiger partial charge on any atom is -0.310 e. The average Bonchev–Trinajstić information content (AvgIpc) is 3.58. The molecule has 0 amide bonds. The van der Waals surface area contributed by atoms with Gasteiger partial charge >= 0.3 is 0 Å². The lowest BCUT2D eigenvalue weighted by Gasteiger charge is -2.29. The summed E-state index contributed by atoms with van der Waals surface area (Å²) in [6.07, 6.45) is 1.89. The second-order valence-corrected chi connectivity index (χ2v) is 12.9. The van der Waals surface area contributed by atoms with Gasteiger partial charge in [-0.1, -0.05) is 105 Å². The Bertz CT molecular complexity index is 2420. The SMILES string of the molecule is CC1(C)c2ccccc2-c2c(N(c3ccccc3)c3ccc(-c4ccc5c(c4)c4ncccc4n5-c4ccccc4)cc3)cccc21. The Morgan fingerprint density at radius 2 is 1.23 bits per heavy atom. The van der Waals surface area contributed by atoms with Crippen LogP contribution in [0.2, 0.25) is 0 Å². The molecule has 0 atom stereocenters. The first kappa shape index (κ1) is 27.4. The van der Waals surface area contributed by atoms with Gasteiger partial charge in [0.1, 0.15) is 0 Å². The van der Waals surface area contributed by atoms with Gasteiger partial charge in [-0.25, -0.2) is 0 Å². The number of hydrogen-bond donors (Lipinski definition) is 0. The summed E-state index contributed by atoms with van der Waals surface area (Å²) in [6, 6.07) is 56.8. The molecule has 0 aliphatic heterocycles. The fourth-order valence-corrected chi connectivity index (χ4v) is 7.60. The van der Waals surface area contributed by atoms with E-state index in [9.17, 15) is 0 Å². The van der Waals surface area contributed by atoms with Crippen molar-refractivity contribution in [2.75, 3.05) is 4.90 Å². The number of aromatic nitrogens is 2. The van der Waals surface area contributed by atoms with E-state index < -0.39 is 0 Å². The van der Waals surface area contributed by atoms with Crippen LogP contribution in [0.4, 0.5) is 17.1 Å². The number of benzene rings is 6. The van der Waals surface area contributed by atoms with E-state index in [-0.39, 0.29) is 5.41 Å². The fourth-order valence-electron chi connectivity index (χ4n) is 7.60. The highest BCUT2D eigenvalue weighted by atomic mass is 15.1. The normalized spacial score (nSPS) is 13.1. The molecule has 3 heteroatoms. The molecule has 0 saturated carbocycles. The van der Waals surface area contributed by atoms with Crippen molar-refractivity contribution < 1.29 is 0 Å². The van der Waals surface area contributed by atoms with E-state index in [1.807, 2.05) is 12.3 Å². The van der Waals surface area contributed by atoms with E-state index in [0.717, 1.165) is 39.0 Å². The van der Waals surface area contributed by atoms with Crippen molar-refractivity contribution in [1.82, 2.24) is 9.55 Å². The zero-order valence-electron chi connectivity index (χ0n) is 26.4. The highest BCUT2D eigenvalue weighted by Crippen LogP contribution is 2.54. The van der Waals surface area contributed by atoms with Crippen molar-refractivity contribution in [2.24, 2.45) is 0 Å². The zero-order chi connectivity index (χ0) is 31.5. The molecule has 2 aromatic heterocycles. The minimum absolute atomic E-state index is 0.0642. The van der Waals surface area contributed by atoms with Crippen LogP contribution in [0.1, 0.15) is 25.0 Å². The van der Waals surface area contributed by atoms with Crippen LogP contribution in [0, 0.1) is 0 Å². The molecule has 1 aliphatic carbocycles. The van der Waals surface area contributed by atoms with E-state index in [1.165, 1.54) is 39.1 Å². The summed E-state index contributed by atoms with van der Waals surface area (Å²) >= 11 is 0. The van der Waals surface area contributed by atoms with Crippen molar-refractivity contribution in [1.29, 1.82) is 0 Å². The maximum atomic E-state index is 4.82. The van der Waals surface area contributed by atoms with Crippen LogP contribution < -0.4 is 4.90 Å². The monoisotopic (exact) mass is 603 g/mol. The number of para-hydroxylation sites is 2. The molecule has 2 heterocycles. The standard InChI is InChI=1S/C44H33N3/c1-44(2)37-18-10-9-17-35(37)42-38(44)19-11-20-40(42)46(32-13-5-3-6-14-32)34-25-22-30(23-26-34)31-24-27-39-36(29-31)43-41(21-12-28-45-43)47(39)33-15-7-4-8-16-33/h3-29H,1-2H3. The molecule has 0 spiro atoms. The third kappa shape index (κ3) is 4.24. The first-order valence-corrected chi connectivity index (χ1v) is 16.2. The van der Waals surface area contributed by atoms with Crippen LogP contribution in [0.15, 0.2) is 164 Å². The highest BCUT2D eigenvalue weighted by molar-refractivity contribution is 6.08. The quantitative estimate of drug-likeness (QED) is 0.195. The van der Waals surface area contributed by atoms with Gasteiger partial charge in [0, 0.05) is 39.6 Å². The van der Waals surface area contributed by atoms with Crippen molar-refractivity contribution in [2.45, 2.75) is 19.3 Å². The summed E-state index contributed by atoms with van der Waals surface area (Å²) < 4.78 is 2.31. The largest absolute Gasteiger partial charge is 0.310 e. The Morgan fingerprint density at radius 1 is 0.553 bits per heavy atom. The molecule has 8 aromatic rings. The summed E-state index contributed by atoms with van der Waals surface area (Å²) in [6.45, 7) is 4.68. The molecule has 9 rings (SSSR count). The lowest BCUT2D eigenvalue weighted by Crippen LogP contribution is -2.16. The van der Waals surface area contributed by atoms with E-state index in [2.05, 4.69) is 175 Å². The molecular weight excluding hydrogens is 571 g/mol. The summed E-state index contributed by atoms with van der Waals surface area (Å²) in [7, 11) is 0. The van der Waals surface area contributed by atoms with Crippen LogP contribution in [0.3, 0.4) is 0 Å². The number of fused-ring (bicyclic) bond motifs is 6. The first-order chi connectivity index (χ1) is 23.1. The van der Waals surface area contributed by atoms with Crippen molar-refractivity contribution in [3.63, 3.8) is 0 Å². The Hall–Kier alpha value is -5.93. The first-order valence-electron chi connectivity index (χ1n) is 16.2. The number of hydrogen-bond acceptors (Lipinski definition) is 2. The number of anilines is 3. The minimum atomic E-state index is -0.0642. The van der Waals surface area contributed by atoms with Gasteiger partial charge in [-0.15, -0.1) is 0 Å². The maximum absolute atomic E-state index is 4.82. The molecule has 0 radical (unpaired) electrons. The summed E-state index contributed by atoms with van der Waals surface area (Å²) in [5, 5.41) is 1.15. The third-order valence-electron chi connectivity index (χ3n) is 9.83. The van der Waals surface area contributed by atoms with Crippen molar-refractivity contribution in [3.05, 3.63) is 175 Å². The van der Waals surface area contributed by atoms with Crippen LogP contribution in [0.5, 0.6) is 0 Å². The lowest BCUT2D eigenvalue weighted by atomic mass is 9.82. The Kier molecular flexibility index (Phi) is 6.16. The molecule has 0 saturated heterocycles. The molecule has 1 aliphatic rings. The van der Waals surface area contributed by atoms with Gasteiger partial charge in [0.25, 0.3) is 0 Å². The van der Waals surface area contributed by atoms with Crippen LogP contribution in [-0.4, -0.2) is 9.55 Å². The molecule has 0 fully saturated rings. The van der Waals surface area contributed by atoms with Crippen LogP contribution >= 0.6 is 0 Å². The molecule has 47 heavy (non-hydrogen) atoms. The predicted molar refractivity (Wildman–Crippen MR) is 196 cm³/mol. The van der Waals surface area contributed by atoms with E-state index in [4.69, 9.17) is 4.98 Å². The summed E-state index contributed by atoms with van der Waals surface area (Å²) in [5.74, 6) is 0. The van der Waals surface area contributed by atoms with Crippen molar-refractivity contribution in [3.8, 4) is 27.9 Å². The smallest absolute Gasteiger partial charge is 0.0963 e. The molecular formula is C44H33N3. The highest BCUT2D eigenvalue weighted by Gasteiger charge is 2.37. The van der Waals surface area contributed by atoms with Gasteiger partial charge < -0.3 is 9.47 Å². The van der Waals surface area contributed by atoms with Crippen LogP contribution in [-0.2, 0) is 5.41 Å². The molecule has 0 bridgehead atoms. The van der Waals surface area contributed by atoms with Gasteiger partial charge in [-0.3, -0.25) is 4.98 Å². The Morgan fingerprint density at radius 3 is 2.04 bits per heavy atom. The zero-order valence-corrected chi connectivity index (χ0v) is 26.4. The molecule has 0 unspecified atom stereocenters. The Balaban J connectivity index is 1.17. The van der Waals surface area contributed by atoms with Gasteiger partial charge in [0.2, 0.25) is 0 Å². The van der Waals surface area contributed by atoms with E-state index in [1.54, 1.807) is 0 Å². The van der Waals surface area contributed by atoms with Gasteiger partial charge in [-0.05, 0) is 94.5 Å². The topological polar surface area (TPSA) is 21.1 Å². The number of nitrogens with zero attached hydrogens (tertiary/aromatic N) is 3. The summed E-state index contributed by atoms with van der Waals surface area (Å²) in [4.78, 5) is 7.23. The predicted octanol–water partition coefficient (Wildman–Crippen LogP) is 11.6. The van der Waals surface area contributed by atoms with E-state index in [0.29, 0.717) is 0 Å². The fraction of sp³-hybridized carbons (Fsp3) is 0.0682. The molecule has 0 N–H and O–H groups in total. The van der Waals surface area contributed by atoms with Crippen LogP contribution in [0.25, 0.3) is 49.9 Å². The summed E-state index contributed by atoms with van der Waals surface area (Å²) in [5.41, 5.74) is 15.5. The third-order valence-corrected chi connectivity index (χ3v) is 9.83. The molecule has 224 valence electrons.